The number of hydrogen-bond donors (Lipinski definition) is 2. The number of hydrogen-bond acceptors (Lipinski definition) is 4. The second-order valence-corrected chi connectivity index (χ2v) is 9.47. The monoisotopic (exact) mass is 536 g/mol. The van der Waals surface area contributed by atoms with Crippen molar-refractivity contribution < 1.29 is 17.9 Å². The Labute approximate surface area is 189 Å². The molecular weight excluding hydrogens is 515 g/mol. The summed E-state index contributed by atoms with van der Waals surface area (Å²) in [6, 6.07) is 21.7. The number of carbonyl (C=O) groups excluding carboxylic acids is 1. The molecule has 0 bridgehead atoms. The number of para-hydroxylation sites is 2. The van der Waals surface area contributed by atoms with E-state index in [1.807, 2.05) is 30.3 Å². The minimum Gasteiger partial charge on any atom is -0.495 e. The maximum Gasteiger partial charge on any atom is 0.243 e. The maximum absolute atomic E-state index is 13.1. The molecule has 6 nitrogen and oxygen atoms in total. The molecule has 0 heterocycles. The lowest BCUT2D eigenvalue weighted by Gasteiger charge is -2.19. The largest absolute Gasteiger partial charge is 0.495 e. The summed E-state index contributed by atoms with van der Waals surface area (Å²) in [4.78, 5) is 13.2. The Morgan fingerprint density at radius 1 is 0.967 bits per heavy atom. The molecule has 3 aromatic carbocycles. The maximum atomic E-state index is 13.1. The van der Waals surface area contributed by atoms with Crippen molar-refractivity contribution in [3.8, 4) is 5.75 Å². The molecule has 2 N–H and O–H groups in total. The first-order chi connectivity index (χ1) is 14.4. The third-order valence-corrected chi connectivity index (χ3v) is 6.59. The van der Waals surface area contributed by atoms with Gasteiger partial charge in [-0.1, -0.05) is 42.5 Å². The van der Waals surface area contributed by atoms with E-state index in [1.54, 1.807) is 36.4 Å². The smallest absolute Gasteiger partial charge is 0.243 e. The lowest BCUT2D eigenvalue weighted by molar-refractivity contribution is -0.117. The molecule has 0 saturated heterocycles. The van der Waals surface area contributed by atoms with Crippen LogP contribution in [0.1, 0.15) is 5.56 Å². The Morgan fingerprint density at radius 3 is 2.27 bits per heavy atom. The van der Waals surface area contributed by atoms with Gasteiger partial charge < -0.3 is 10.1 Å². The van der Waals surface area contributed by atoms with Crippen molar-refractivity contribution in [2.75, 3.05) is 12.4 Å². The first kappa shape index (κ1) is 22.3. The summed E-state index contributed by atoms with van der Waals surface area (Å²) in [5, 5.41) is 2.77. The first-order valence-corrected chi connectivity index (χ1v) is 11.7. The van der Waals surface area contributed by atoms with E-state index in [-0.39, 0.29) is 11.3 Å². The molecule has 0 aromatic heterocycles. The molecule has 1 amide bonds. The van der Waals surface area contributed by atoms with Gasteiger partial charge in [-0.3, -0.25) is 4.79 Å². The summed E-state index contributed by atoms with van der Waals surface area (Å²) >= 11 is 2.10. The Hall–Kier alpha value is -2.43. The molecule has 0 aliphatic carbocycles. The number of benzene rings is 3. The highest BCUT2D eigenvalue weighted by Crippen LogP contribution is 2.23. The summed E-state index contributed by atoms with van der Waals surface area (Å²) in [6.45, 7) is 0. The van der Waals surface area contributed by atoms with Crippen molar-refractivity contribution in [3.63, 3.8) is 0 Å². The number of ether oxygens (including phenoxy) is 1. The minimum absolute atomic E-state index is 0.103. The van der Waals surface area contributed by atoms with E-state index < -0.39 is 22.0 Å². The van der Waals surface area contributed by atoms with Crippen LogP contribution in [-0.2, 0) is 21.2 Å². The van der Waals surface area contributed by atoms with Crippen molar-refractivity contribution in [2.45, 2.75) is 17.4 Å². The zero-order chi connectivity index (χ0) is 21.6. The lowest BCUT2D eigenvalue weighted by atomic mass is 10.1. The third kappa shape index (κ3) is 5.80. The first-order valence-electron chi connectivity index (χ1n) is 9.15. The SMILES string of the molecule is COc1ccccc1NC(=O)[C@H](Cc1ccccc1)NS(=O)(=O)c1ccc(I)cc1. The fraction of sp³-hybridized carbons (Fsp3) is 0.136. The standard InChI is InChI=1S/C22H21IN2O4S/c1-29-21-10-6-5-9-19(21)24-22(26)20(15-16-7-3-2-4-8-16)25-30(27,28)18-13-11-17(23)12-14-18/h2-14,20,25H,15H2,1H3,(H,24,26)/t20-/m0/s1. The van der Waals surface area contributed by atoms with Gasteiger partial charge in [-0.15, -0.1) is 0 Å². The number of halogens is 1. The topological polar surface area (TPSA) is 84.5 Å². The zero-order valence-electron chi connectivity index (χ0n) is 16.2. The Morgan fingerprint density at radius 2 is 1.60 bits per heavy atom. The lowest BCUT2D eigenvalue weighted by Crippen LogP contribution is -2.45. The molecule has 0 spiro atoms. The quantitative estimate of drug-likeness (QED) is 0.429. The van der Waals surface area contributed by atoms with Gasteiger partial charge in [-0.2, -0.15) is 4.72 Å². The fourth-order valence-electron chi connectivity index (χ4n) is 2.87. The third-order valence-electron chi connectivity index (χ3n) is 4.39. The van der Waals surface area contributed by atoms with E-state index in [1.165, 1.54) is 19.2 Å². The molecule has 0 aliphatic rings. The predicted molar refractivity (Wildman–Crippen MR) is 125 cm³/mol. The minimum atomic E-state index is -3.89. The van der Waals surface area contributed by atoms with Crippen LogP contribution < -0.4 is 14.8 Å². The molecular formula is C22H21IN2O4S. The van der Waals surface area contributed by atoms with Crippen molar-refractivity contribution >= 4 is 44.2 Å². The number of methoxy groups -OCH3 is 1. The van der Waals surface area contributed by atoms with E-state index in [0.717, 1.165) is 9.13 Å². The van der Waals surface area contributed by atoms with Gasteiger partial charge in [0, 0.05) is 3.57 Å². The average Bonchev–Trinajstić information content (AvgIpc) is 2.74. The number of amides is 1. The normalized spacial score (nSPS) is 12.2. The van der Waals surface area contributed by atoms with Gasteiger partial charge in [0.25, 0.3) is 0 Å². The number of sulfonamides is 1. The molecule has 1 atom stereocenters. The Balaban J connectivity index is 1.88. The predicted octanol–water partition coefficient (Wildman–Crippen LogP) is 3.83. The van der Waals surface area contributed by atoms with Gasteiger partial charge in [0.1, 0.15) is 11.8 Å². The Kier molecular flexibility index (Phi) is 7.46. The average molecular weight is 536 g/mol. The molecule has 8 heteroatoms. The summed E-state index contributed by atoms with van der Waals surface area (Å²) in [5.41, 5.74) is 1.31. The molecule has 0 unspecified atom stereocenters. The van der Waals surface area contributed by atoms with Crippen LogP contribution >= 0.6 is 22.6 Å². The Bertz CT molecular complexity index is 1100. The van der Waals surface area contributed by atoms with Gasteiger partial charge in [-0.25, -0.2) is 8.42 Å². The van der Waals surface area contributed by atoms with E-state index >= 15 is 0 Å². The molecule has 3 aromatic rings. The number of rotatable bonds is 8. The number of carbonyl (C=O) groups is 1. The second-order valence-electron chi connectivity index (χ2n) is 6.51. The highest BCUT2D eigenvalue weighted by molar-refractivity contribution is 14.1. The van der Waals surface area contributed by atoms with Crippen LogP contribution in [0.25, 0.3) is 0 Å². The van der Waals surface area contributed by atoms with Crippen molar-refractivity contribution in [2.24, 2.45) is 0 Å². The van der Waals surface area contributed by atoms with E-state index in [9.17, 15) is 13.2 Å². The fourth-order valence-corrected chi connectivity index (χ4v) is 4.43. The molecule has 0 radical (unpaired) electrons. The molecule has 3 rings (SSSR count). The molecule has 156 valence electrons. The van der Waals surface area contributed by atoms with Crippen molar-refractivity contribution in [3.05, 3.63) is 88.0 Å². The van der Waals surface area contributed by atoms with Crippen LogP contribution in [0, 0.1) is 3.57 Å². The summed E-state index contributed by atoms with van der Waals surface area (Å²) in [7, 11) is -2.39. The van der Waals surface area contributed by atoms with Crippen LogP contribution in [0.5, 0.6) is 5.75 Å². The molecule has 0 saturated carbocycles. The zero-order valence-corrected chi connectivity index (χ0v) is 19.2. The van der Waals surface area contributed by atoms with Gasteiger partial charge in [0.05, 0.1) is 17.7 Å². The second kappa shape index (κ2) is 10.1. The van der Waals surface area contributed by atoms with Gasteiger partial charge in [0.2, 0.25) is 15.9 Å². The van der Waals surface area contributed by atoms with Crippen LogP contribution in [0.4, 0.5) is 5.69 Å². The number of anilines is 1. The van der Waals surface area contributed by atoms with Gasteiger partial charge in [-0.05, 0) is 71.0 Å². The van der Waals surface area contributed by atoms with Crippen LogP contribution in [0.15, 0.2) is 83.8 Å². The summed E-state index contributed by atoms with van der Waals surface area (Å²) < 4.78 is 34.6. The summed E-state index contributed by atoms with van der Waals surface area (Å²) in [5.74, 6) is 0.0160. The van der Waals surface area contributed by atoms with Crippen LogP contribution in [0.2, 0.25) is 0 Å². The number of nitrogens with one attached hydrogen (secondary N) is 2. The highest BCUT2D eigenvalue weighted by Gasteiger charge is 2.26. The van der Waals surface area contributed by atoms with Crippen LogP contribution in [-0.4, -0.2) is 27.5 Å². The van der Waals surface area contributed by atoms with E-state index in [4.69, 9.17) is 4.74 Å². The molecule has 30 heavy (non-hydrogen) atoms. The van der Waals surface area contributed by atoms with Crippen LogP contribution in [0.3, 0.4) is 0 Å². The van der Waals surface area contributed by atoms with E-state index in [2.05, 4.69) is 32.6 Å². The summed E-state index contributed by atoms with van der Waals surface area (Å²) in [6.07, 6.45) is 0.200. The van der Waals surface area contributed by atoms with Gasteiger partial charge in [0.15, 0.2) is 0 Å². The highest BCUT2D eigenvalue weighted by atomic mass is 127. The van der Waals surface area contributed by atoms with Crippen molar-refractivity contribution in [1.29, 1.82) is 0 Å². The van der Waals surface area contributed by atoms with Crippen molar-refractivity contribution in [1.82, 2.24) is 4.72 Å². The van der Waals surface area contributed by atoms with Gasteiger partial charge >= 0.3 is 0 Å². The molecule has 0 aliphatic heterocycles. The van der Waals surface area contributed by atoms with E-state index in [0.29, 0.717) is 11.4 Å². The molecule has 0 fully saturated rings.